The lowest BCUT2D eigenvalue weighted by molar-refractivity contribution is 0.231. The lowest BCUT2D eigenvalue weighted by atomic mass is 9.71. The van der Waals surface area contributed by atoms with E-state index in [2.05, 4.69) is 65.5 Å². The van der Waals surface area contributed by atoms with Crippen LogP contribution in [0.1, 0.15) is 98.6 Å². The maximum atomic E-state index is 4.54. The van der Waals surface area contributed by atoms with Crippen molar-refractivity contribution in [3.05, 3.63) is 53.1 Å². The van der Waals surface area contributed by atoms with E-state index in [9.17, 15) is 0 Å². The molecule has 0 nitrogen and oxygen atoms in total. The van der Waals surface area contributed by atoms with Crippen molar-refractivity contribution in [2.24, 2.45) is 17.8 Å². The highest BCUT2D eigenvalue weighted by molar-refractivity contribution is 5.72. The van der Waals surface area contributed by atoms with Crippen LogP contribution in [0.25, 0.3) is 5.57 Å². The second kappa shape index (κ2) is 13.8. The van der Waals surface area contributed by atoms with Crippen molar-refractivity contribution in [1.29, 1.82) is 0 Å². The van der Waals surface area contributed by atoms with E-state index in [1.165, 1.54) is 60.0 Å². The first-order valence-electron chi connectivity index (χ1n) is 11.4. The molecule has 1 saturated carbocycles. The predicted molar refractivity (Wildman–Crippen MR) is 126 cm³/mol. The first-order valence-corrected chi connectivity index (χ1v) is 11.4. The van der Waals surface area contributed by atoms with E-state index in [0.717, 1.165) is 11.8 Å². The van der Waals surface area contributed by atoms with Crippen LogP contribution in [0.4, 0.5) is 0 Å². The molecule has 1 atom stereocenters. The Labute approximate surface area is 171 Å². The minimum atomic E-state index is 0.654. The number of hydrogen-bond donors (Lipinski definition) is 0. The molecule has 0 spiro atoms. The maximum absolute atomic E-state index is 4.54. The molecule has 154 valence electrons. The summed E-state index contributed by atoms with van der Waals surface area (Å²) < 4.78 is 0. The van der Waals surface area contributed by atoms with Gasteiger partial charge in [-0.3, -0.25) is 0 Å². The van der Waals surface area contributed by atoms with Crippen LogP contribution in [0.5, 0.6) is 0 Å². The Bertz CT molecular complexity index is 567. The van der Waals surface area contributed by atoms with Crippen molar-refractivity contribution >= 4 is 5.57 Å². The third kappa shape index (κ3) is 7.32. The normalized spacial score (nSPS) is 20.9. The fourth-order valence-corrected chi connectivity index (χ4v) is 4.27. The quantitative estimate of drug-likeness (QED) is 0.453. The molecule has 1 aromatic rings. The molecule has 0 aromatic heterocycles. The van der Waals surface area contributed by atoms with E-state index in [1.807, 2.05) is 27.7 Å². The average Bonchev–Trinajstić information content (AvgIpc) is 2.72. The van der Waals surface area contributed by atoms with Crippen LogP contribution in [-0.4, -0.2) is 0 Å². The summed E-state index contributed by atoms with van der Waals surface area (Å²) in [6, 6.07) is 8.70. The van der Waals surface area contributed by atoms with E-state index in [0.29, 0.717) is 5.92 Å². The van der Waals surface area contributed by atoms with Gasteiger partial charge in [0.2, 0.25) is 0 Å². The van der Waals surface area contributed by atoms with Gasteiger partial charge >= 0.3 is 0 Å². The summed E-state index contributed by atoms with van der Waals surface area (Å²) in [6.45, 7) is 24.0. The molecular formula is C27H46. The predicted octanol–water partition coefficient (Wildman–Crippen LogP) is 9.25. The molecule has 1 aliphatic rings. The molecule has 0 heteroatoms. The van der Waals surface area contributed by atoms with Gasteiger partial charge in [0.05, 0.1) is 0 Å². The van der Waals surface area contributed by atoms with Gasteiger partial charge in [0, 0.05) is 0 Å². The van der Waals surface area contributed by atoms with Crippen molar-refractivity contribution in [2.75, 3.05) is 0 Å². The summed E-state index contributed by atoms with van der Waals surface area (Å²) in [5, 5.41) is 0. The van der Waals surface area contributed by atoms with Gasteiger partial charge in [-0.05, 0) is 85.6 Å². The molecule has 0 saturated heterocycles. The van der Waals surface area contributed by atoms with Gasteiger partial charge in [0.25, 0.3) is 0 Å². The summed E-state index contributed by atoms with van der Waals surface area (Å²) in [5.41, 5.74) is 6.92. The SMILES string of the molecule is C=C(/C(C)=C(\C)c1ccccc1C)C(CC)C1CCC(C)CC1.CC.CC. The van der Waals surface area contributed by atoms with Crippen molar-refractivity contribution in [3.8, 4) is 0 Å². The second-order valence-corrected chi connectivity index (χ2v) is 7.62. The fourth-order valence-electron chi connectivity index (χ4n) is 4.27. The Morgan fingerprint density at radius 2 is 1.52 bits per heavy atom. The van der Waals surface area contributed by atoms with Crippen LogP contribution in [0.2, 0.25) is 0 Å². The summed E-state index contributed by atoms with van der Waals surface area (Å²) >= 11 is 0. The van der Waals surface area contributed by atoms with Crippen LogP contribution in [0, 0.1) is 24.7 Å². The van der Waals surface area contributed by atoms with E-state index in [1.54, 1.807) is 0 Å². The summed E-state index contributed by atoms with van der Waals surface area (Å²) in [7, 11) is 0. The molecule has 0 N–H and O–H groups in total. The van der Waals surface area contributed by atoms with Crippen LogP contribution >= 0.6 is 0 Å². The van der Waals surface area contributed by atoms with Gasteiger partial charge in [-0.1, -0.05) is 85.2 Å². The Kier molecular flexibility index (Phi) is 13.1. The third-order valence-electron chi connectivity index (χ3n) is 6.11. The number of benzene rings is 1. The van der Waals surface area contributed by atoms with Crippen molar-refractivity contribution in [1.82, 2.24) is 0 Å². The van der Waals surface area contributed by atoms with Crippen LogP contribution in [0.15, 0.2) is 42.0 Å². The zero-order valence-corrected chi connectivity index (χ0v) is 19.8. The van der Waals surface area contributed by atoms with Gasteiger partial charge in [0.1, 0.15) is 0 Å². The highest BCUT2D eigenvalue weighted by Crippen LogP contribution is 2.40. The lowest BCUT2D eigenvalue weighted by Gasteiger charge is -2.34. The molecule has 0 heterocycles. The molecule has 1 fully saturated rings. The second-order valence-electron chi connectivity index (χ2n) is 7.62. The Morgan fingerprint density at radius 3 is 2.00 bits per heavy atom. The third-order valence-corrected chi connectivity index (χ3v) is 6.11. The minimum absolute atomic E-state index is 0.654. The Balaban J connectivity index is 0.00000158. The summed E-state index contributed by atoms with van der Waals surface area (Å²) in [5.74, 6) is 2.41. The maximum Gasteiger partial charge on any atom is -0.0139 e. The Morgan fingerprint density at radius 1 is 1.00 bits per heavy atom. The highest BCUT2D eigenvalue weighted by Gasteiger charge is 2.27. The number of allylic oxidation sites excluding steroid dienone is 3. The first kappa shape index (κ1) is 25.7. The van der Waals surface area contributed by atoms with Crippen LogP contribution < -0.4 is 0 Å². The number of hydrogen-bond acceptors (Lipinski definition) is 0. The number of rotatable bonds is 5. The first-order chi connectivity index (χ1) is 13.0. The van der Waals surface area contributed by atoms with E-state index < -0.39 is 0 Å². The standard InChI is InChI=1S/C23H34.2C2H6/c1-7-22(21-14-12-16(2)13-15-21)19(5)18(4)20(6)23-11-9-8-10-17(23)3;2*1-2/h8-11,16,21-22H,5,7,12-15H2,1-4,6H3;2*1-2H3/b20-18+;;. The molecule has 0 radical (unpaired) electrons. The van der Waals surface area contributed by atoms with Crippen LogP contribution in [-0.2, 0) is 0 Å². The van der Waals surface area contributed by atoms with E-state index in [4.69, 9.17) is 0 Å². The number of aryl methyl sites for hydroxylation is 1. The summed E-state index contributed by atoms with van der Waals surface area (Å²) in [6.07, 6.45) is 6.78. The average molecular weight is 371 g/mol. The zero-order chi connectivity index (χ0) is 21.0. The molecule has 1 aliphatic carbocycles. The molecular weight excluding hydrogens is 324 g/mol. The van der Waals surface area contributed by atoms with Crippen LogP contribution in [0.3, 0.4) is 0 Å². The van der Waals surface area contributed by atoms with Gasteiger partial charge < -0.3 is 0 Å². The molecule has 1 unspecified atom stereocenters. The van der Waals surface area contributed by atoms with E-state index in [-0.39, 0.29) is 0 Å². The van der Waals surface area contributed by atoms with E-state index >= 15 is 0 Å². The largest absolute Gasteiger partial charge is 0.0953 e. The van der Waals surface area contributed by atoms with Gasteiger partial charge in [-0.15, -0.1) is 0 Å². The topological polar surface area (TPSA) is 0 Å². The molecule has 27 heavy (non-hydrogen) atoms. The lowest BCUT2D eigenvalue weighted by Crippen LogP contribution is -2.22. The van der Waals surface area contributed by atoms with Gasteiger partial charge in [0.15, 0.2) is 0 Å². The zero-order valence-electron chi connectivity index (χ0n) is 19.8. The smallest absolute Gasteiger partial charge is 0.0139 e. The van der Waals surface area contributed by atoms with Crippen molar-refractivity contribution < 1.29 is 0 Å². The highest BCUT2D eigenvalue weighted by atomic mass is 14.3. The fraction of sp³-hybridized carbons (Fsp3) is 0.630. The molecule has 0 aliphatic heterocycles. The monoisotopic (exact) mass is 370 g/mol. The van der Waals surface area contributed by atoms with Crippen molar-refractivity contribution in [3.63, 3.8) is 0 Å². The van der Waals surface area contributed by atoms with Gasteiger partial charge in [-0.2, -0.15) is 0 Å². The molecule has 2 rings (SSSR count). The summed E-state index contributed by atoms with van der Waals surface area (Å²) in [4.78, 5) is 0. The minimum Gasteiger partial charge on any atom is -0.0953 e. The molecule has 0 amide bonds. The van der Waals surface area contributed by atoms with Crippen molar-refractivity contribution in [2.45, 2.75) is 94.4 Å². The van der Waals surface area contributed by atoms with Gasteiger partial charge in [-0.25, -0.2) is 0 Å². The Hall–Kier alpha value is -1.30. The molecule has 1 aromatic carbocycles. The molecule has 0 bridgehead atoms.